The Morgan fingerprint density at radius 2 is 0.889 bits per heavy atom. The third-order valence-corrected chi connectivity index (χ3v) is 0. The van der Waals surface area contributed by atoms with E-state index in [1.54, 1.807) is 0 Å². The van der Waals surface area contributed by atoms with Crippen molar-refractivity contribution in [3.05, 3.63) is 0 Å². The standard InChI is InChI=1S/3Na.H2O4S.H2O/c;;;1-5(2,3)4;/h;;;(H2,1,2,3,4);1H2/q3*+1;;/p-3. The summed E-state index contributed by atoms with van der Waals surface area (Å²) >= 11 is 0. The maximum absolute atomic E-state index is 8.52. The Morgan fingerprint density at radius 3 is 0.889 bits per heavy atom. The summed E-state index contributed by atoms with van der Waals surface area (Å²) in [5, 5.41) is 0. The van der Waals surface area contributed by atoms with Crippen molar-refractivity contribution in [2.45, 2.75) is 0 Å². The van der Waals surface area contributed by atoms with Gasteiger partial charge in [-0.15, -0.1) is 0 Å². The average molecular weight is 182 g/mol. The molecule has 0 atom stereocenters. The normalized spacial score (nSPS) is 6.44. The Morgan fingerprint density at radius 1 is 0.889 bits per heavy atom. The molecule has 0 aromatic rings. The van der Waals surface area contributed by atoms with Crippen LogP contribution in [0.4, 0.5) is 0 Å². The molecule has 0 aliphatic rings. The second-order valence-corrected chi connectivity index (χ2v) is 1.22. The molecule has 1 N–H and O–H groups in total. The minimum absolute atomic E-state index is 0. The molecule has 5 nitrogen and oxygen atoms in total. The Labute approximate surface area is 120 Å². The Balaban J connectivity index is -0.0000000133. The van der Waals surface area contributed by atoms with Crippen molar-refractivity contribution in [1.29, 1.82) is 0 Å². The monoisotopic (exact) mass is 182 g/mol. The largest absolute Gasteiger partial charge is 1.00 e. The van der Waals surface area contributed by atoms with Gasteiger partial charge in [-0.2, -0.15) is 0 Å². The molecule has 0 aromatic carbocycles. The molecule has 0 saturated carbocycles. The molecule has 0 saturated heterocycles. The van der Waals surface area contributed by atoms with Crippen LogP contribution in [0.15, 0.2) is 0 Å². The van der Waals surface area contributed by atoms with E-state index in [-0.39, 0.29) is 94.1 Å². The maximum atomic E-state index is 8.52. The van der Waals surface area contributed by atoms with E-state index in [0.717, 1.165) is 0 Å². The van der Waals surface area contributed by atoms with Gasteiger partial charge in [-0.25, -0.2) is 0 Å². The molecule has 0 aliphatic heterocycles. The first-order chi connectivity index (χ1) is 2.00. The van der Waals surface area contributed by atoms with Crippen LogP contribution in [-0.4, -0.2) is 23.0 Å². The second-order valence-electron chi connectivity index (χ2n) is 0.408. The van der Waals surface area contributed by atoms with E-state index >= 15 is 0 Å². The smallest absolute Gasteiger partial charge is 0.870 e. The van der Waals surface area contributed by atoms with Gasteiger partial charge in [-0.05, 0) is 0 Å². The molecule has 0 amide bonds. The number of rotatable bonds is 0. The van der Waals surface area contributed by atoms with E-state index in [9.17, 15) is 0 Å². The van der Waals surface area contributed by atoms with Crippen molar-refractivity contribution in [3.63, 3.8) is 0 Å². The first-order valence-corrected chi connectivity index (χ1v) is 2.00. The van der Waals surface area contributed by atoms with E-state index in [0.29, 0.717) is 0 Å². The molecule has 0 aromatic heterocycles. The van der Waals surface area contributed by atoms with Gasteiger partial charge in [0.15, 0.2) is 0 Å². The molecule has 9 heavy (non-hydrogen) atoms. The summed E-state index contributed by atoms with van der Waals surface area (Å²) in [6.07, 6.45) is 0. The van der Waals surface area contributed by atoms with Crippen molar-refractivity contribution < 1.29 is 112 Å². The summed E-state index contributed by atoms with van der Waals surface area (Å²) < 4.78 is 34.1. The van der Waals surface area contributed by atoms with Crippen LogP contribution in [0.2, 0.25) is 0 Å². The Hall–Kier alpha value is 2.83. The fourth-order valence-electron chi connectivity index (χ4n) is 0. The van der Waals surface area contributed by atoms with E-state index in [1.165, 1.54) is 0 Å². The predicted molar refractivity (Wildman–Crippen MR) is 12.4 cm³/mol. The van der Waals surface area contributed by atoms with Crippen molar-refractivity contribution in [2.75, 3.05) is 0 Å². The molecule has 9 heteroatoms. The van der Waals surface area contributed by atoms with Gasteiger partial charge in [0, 0.05) is 10.4 Å². The summed E-state index contributed by atoms with van der Waals surface area (Å²) in [6, 6.07) is 0. The van der Waals surface area contributed by atoms with Crippen molar-refractivity contribution >= 4 is 10.4 Å². The van der Waals surface area contributed by atoms with Crippen LogP contribution in [0, 0.1) is 0 Å². The van der Waals surface area contributed by atoms with Crippen LogP contribution in [0.1, 0.15) is 0 Å². The van der Waals surface area contributed by atoms with Crippen LogP contribution < -0.4 is 88.7 Å². The summed E-state index contributed by atoms with van der Waals surface area (Å²) in [7, 11) is -5.17. The molecule has 0 rings (SSSR count). The van der Waals surface area contributed by atoms with Crippen LogP contribution in [-0.2, 0) is 10.4 Å². The van der Waals surface area contributed by atoms with Gasteiger partial charge in [0.2, 0.25) is 0 Å². The van der Waals surface area contributed by atoms with Gasteiger partial charge < -0.3 is 14.6 Å². The van der Waals surface area contributed by atoms with E-state index in [1.807, 2.05) is 0 Å². The van der Waals surface area contributed by atoms with Crippen molar-refractivity contribution in [2.24, 2.45) is 0 Å². The first-order valence-electron chi connectivity index (χ1n) is 0.667. The zero-order chi connectivity index (χ0) is 4.50. The topological polar surface area (TPSA) is 110 Å². The summed E-state index contributed by atoms with van der Waals surface area (Å²) in [4.78, 5) is 0. The van der Waals surface area contributed by atoms with E-state index in [2.05, 4.69) is 0 Å². The van der Waals surface area contributed by atoms with Crippen molar-refractivity contribution in [3.8, 4) is 0 Å². The minimum atomic E-state index is -5.17. The van der Waals surface area contributed by atoms with Gasteiger partial charge in [-0.1, -0.05) is 0 Å². The quantitative estimate of drug-likeness (QED) is 0.210. The molecular weight excluding hydrogens is 181 g/mol. The fourth-order valence-corrected chi connectivity index (χ4v) is 0. The SMILES string of the molecule is O=S(=O)([O-])[O-].[Na+].[Na+].[Na+].[OH-]. The van der Waals surface area contributed by atoms with Gasteiger partial charge in [0.1, 0.15) is 0 Å². The van der Waals surface area contributed by atoms with E-state index in [4.69, 9.17) is 17.5 Å². The van der Waals surface area contributed by atoms with Crippen molar-refractivity contribution in [1.82, 2.24) is 0 Å². The number of hydrogen-bond donors (Lipinski definition) is 0. The molecular formula is HNa3O5S. The third-order valence-electron chi connectivity index (χ3n) is 0. The second kappa shape index (κ2) is 13.4. The predicted octanol–water partition coefficient (Wildman–Crippen LogP) is -10.5. The molecule has 0 radical (unpaired) electrons. The molecule has 0 bridgehead atoms. The molecule has 0 spiro atoms. The zero-order valence-electron chi connectivity index (χ0n) is 5.49. The summed E-state index contributed by atoms with van der Waals surface area (Å²) in [5.41, 5.74) is 0. The third kappa shape index (κ3) is 105. The Bertz CT molecular complexity index is 95.4. The summed E-state index contributed by atoms with van der Waals surface area (Å²) in [6.45, 7) is 0. The molecule has 0 heterocycles. The first kappa shape index (κ1) is 29.7. The Kier molecular flexibility index (Phi) is 44.4. The van der Waals surface area contributed by atoms with Crippen LogP contribution in [0.3, 0.4) is 0 Å². The van der Waals surface area contributed by atoms with Gasteiger partial charge >= 0.3 is 88.7 Å². The number of hydrogen-bond acceptors (Lipinski definition) is 5. The van der Waals surface area contributed by atoms with Crippen LogP contribution >= 0.6 is 0 Å². The fraction of sp³-hybridized carbons (Fsp3) is 0. The summed E-state index contributed by atoms with van der Waals surface area (Å²) in [5.74, 6) is 0. The molecule has 0 unspecified atom stereocenters. The minimum Gasteiger partial charge on any atom is -0.870 e. The average Bonchev–Trinajstić information content (AvgIpc) is 0.722. The van der Waals surface area contributed by atoms with Gasteiger partial charge in [0.05, 0.1) is 0 Å². The van der Waals surface area contributed by atoms with Crippen LogP contribution in [0.5, 0.6) is 0 Å². The molecule has 40 valence electrons. The van der Waals surface area contributed by atoms with Gasteiger partial charge in [0.25, 0.3) is 0 Å². The molecule has 0 aliphatic carbocycles. The maximum Gasteiger partial charge on any atom is 1.00 e. The van der Waals surface area contributed by atoms with Crippen LogP contribution in [0.25, 0.3) is 0 Å². The van der Waals surface area contributed by atoms with E-state index < -0.39 is 10.4 Å². The zero-order valence-corrected chi connectivity index (χ0v) is 12.3. The van der Waals surface area contributed by atoms with Gasteiger partial charge in [-0.3, -0.25) is 8.42 Å². The molecule has 0 fully saturated rings.